The minimum absolute atomic E-state index is 0.0827. The molecule has 0 aliphatic heterocycles. The van der Waals surface area contributed by atoms with Crippen LogP contribution in [0.3, 0.4) is 0 Å². The van der Waals surface area contributed by atoms with E-state index in [1.807, 2.05) is 0 Å². The fourth-order valence-electron chi connectivity index (χ4n) is 2.50. The molecule has 0 amide bonds. The number of ether oxygens (including phenoxy) is 1. The van der Waals surface area contributed by atoms with Crippen molar-refractivity contribution in [2.24, 2.45) is 5.92 Å². The molecule has 2 nitrogen and oxygen atoms in total. The predicted molar refractivity (Wildman–Crippen MR) is 64.4 cm³/mol. The monoisotopic (exact) mass is 256 g/mol. The van der Waals surface area contributed by atoms with Crippen LogP contribution in [0.4, 0.5) is 8.78 Å². The molecule has 1 unspecified atom stereocenters. The maximum atomic E-state index is 12.9. The average Bonchev–Trinajstić information content (AvgIpc) is 2.78. The molecule has 2 rings (SSSR count). The molecule has 4 heteroatoms. The van der Waals surface area contributed by atoms with E-state index in [1.165, 1.54) is 12.8 Å². The van der Waals surface area contributed by atoms with Crippen molar-refractivity contribution in [1.29, 1.82) is 0 Å². The van der Waals surface area contributed by atoms with Gasteiger partial charge in [0.25, 0.3) is 0 Å². The van der Waals surface area contributed by atoms with Crippen molar-refractivity contribution in [2.45, 2.75) is 38.2 Å². The highest BCUT2D eigenvalue weighted by Gasteiger charge is 2.19. The number of benzene rings is 1. The van der Waals surface area contributed by atoms with Crippen LogP contribution in [0.25, 0.3) is 0 Å². The van der Waals surface area contributed by atoms with Crippen LogP contribution in [-0.4, -0.2) is 17.8 Å². The second-order valence-electron chi connectivity index (χ2n) is 4.96. The average molecular weight is 256 g/mol. The van der Waals surface area contributed by atoms with Crippen molar-refractivity contribution in [3.8, 4) is 5.75 Å². The van der Waals surface area contributed by atoms with Gasteiger partial charge in [0, 0.05) is 18.2 Å². The minimum Gasteiger partial charge on any atom is -0.491 e. The zero-order valence-corrected chi connectivity index (χ0v) is 10.2. The molecule has 100 valence electrons. The molecule has 1 aliphatic carbocycles. The Bertz CT molecular complexity index is 369. The highest BCUT2D eigenvalue weighted by Crippen LogP contribution is 2.28. The van der Waals surface area contributed by atoms with E-state index in [0.717, 1.165) is 31.0 Å². The molecule has 1 saturated carbocycles. The topological polar surface area (TPSA) is 29.5 Å². The Labute approximate surface area is 106 Å². The summed E-state index contributed by atoms with van der Waals surface area (Å²) in [5, 5.41) is 9.80. The second kappa shape index (κ2) is 6.14. The fourth-order valence-corrected chi connectivity index (χ4v) is 2.50. The fraction of sp³-hybridized carbons (Fsp3) is 0.571. The van der Waals surface area contributed by atoms with E-state index in [4.69, 9.17) is 4.74 Å². The predicted octanol–water partition coefficient (Wildman–Crippen LogP) is 3.28. The number of rotatable bonds is 5. The molecule has 0 spiro atoms. The molecular formula is C14H18F2O2. The van der Waals surface area contributed by atoms with Crippen molar-refractivity contribution in [3.63, 3.8) is 0 Å². The molecule has 0 heterocycles. The third-order valence-electron chi connectivity index (χ3n) is 3.36. The first-order valence-electron chi connectivity index (χ1n) is 6.40. The van der Waals surface area contributed by atoms with Gasteiger partial charge in [0.15, 0.2) is 0 Å². The van der Waals surface area contributed by atoms with Gasteiger partial charge in [0.2, 0.25) is 0 Å². The van der Waals surface area contributed by atoms with Crippen LogP contribution in [0.15, 0.2) is 18.2 Å². The lowest BCUT2D eigenvalue weighted by Crippen LogP contribution is -2.20. The third kappa shape index (κ3) is 3.95. The van der Waals surface area contributed by atoms with Gasteiger partial charge in [0.1, 0.15) is 24.0 Å². The van der Waals surface area contributed by atoms with Gasteiger partial charge >= 0.3 is 0 Å². The molecule has 1 aliphatic rings. The van der Waals surface area contributed by atoms with E-state index in [1.54, 1.807) is 0 Å². The largest absolute Gasteiger partial charge is 0.491 e. The van der Waals surface area contributed by atoms with Crippen molar-refractivity contribution in [3.05, 3.63) is 29.8 Å². The lowest BCUT2D eigenvalue weighted by molar-refractivity contribution is 0.0852. The summed E-state index contributed by atoms with van der Waals surface area (Å²) < 4.78 is 31.0. The first-order valence-corrected chi connectivity index (χ1v) is 6.40. The summed E-state index contributed by atoms with van der Waals surface area (Å²) in [5.41, 5.74) is 0. The number of aliphatic hydroxyl groups is 1. The van der Waals surface area contributed by atoms with Gasteiger partial charge in [-0.15, -0.1) is 0 Å². The van der Waals surface area contributed by atoms with Crippen LogP contribution in [0.1, 0.15) is 32.1 Å². The summed E-state index contributed by atoms with van der Waals surface area (Å²) in [4.78, 5) is 0. The standard InChI is InChI=1S/C14H18F2O2/c15-11-6-12(16)8-14(7-11)18-9-13(17)5-10-3-1-2-4-10/h6-8,10,13,17H,1-5,9H2. The van der Waals surface area contributed by atoms with Gasteiger partial charge < -0.3 is 9.84 Å². The van der Waals surface area contributed by atoms with E-state index >= 15 is 0 Å². The second-order valence-corrected chi connectivity index (χ2v) is 4.96. The van der Waals surface area contributed by atoms with Crippen LogP contribution in [0.2, 0.25) is 0 Å². The first-order chi connectivity index (χ1) is 8.63. The minimum atomic E-state index is -0.671. The van der Waals surface area contributed by atoms with E-state index in [2.05, 4.69) is 0 Å². The smallest absolute Gasteiger partial charge is 0.129 e. The van der Waals surface area contributed by atoms with Crippen LogP contribution in [-0.2, 0) is 0 Å². The van der Waals surface area contributed by atoms with Crippen molar-refractivity contribution < 1.29 is 18.6 Å². The Morgan fingerprint density at radius 1 is 1.17 bits per heavy atom. The molecule has 1 N–H and O–H groups in total. The molecule has 1 fully saturated rings. The molecule has 18 heavy (non-hydrogen) atoms. The zero-order valence-electron chi connectivity index (χ0n) is 10.2. The van der Waals surface area contributed by atoms with E-state index < -0.39 is 17.7 Å². The third-order valence-corrected chi connectivity index (χ3v) is 3.36. The molecule has 0 saturated heterocycles. The number of hydrogen-bond acceptors (Lipinski definition) is 2. The maximum absolute atomic E-state index is 12.9. The van der Waals surface area contributed by atoms with Crippen LogP contribution >= 0.6 is 0 Å². The van der Waals surface area contributed by atoms with Crippen molar-refractivity contribution >= 4 is 0 Å². The molecule has 0 aromatic heterocycles. The van der Waals surface area contributed by atoms with Crippen LogP contribution in [0.5, 0.6) is 5.75 Å². The summed E-state index contributed by atoms with van der Waals surface area (Å²) in [6.45, 7) is 0.0827. The summed E-state index contributed by atoms with van der Waals surface area (Å²) in [5.74, 6) is -0.656. The molecule has 1 atom stereocenters. The molecule has 0 radical (unpaired) electrons. The summed E-state index contributed by atoms with van der Waals surface area (Å²) in [7, 11) is 0. The summed E-state index contributed by atoms with van der Waals surface area (Å²) in [6.07, 6.45) is 4.91. The number of hydrogen-bond donors (Lipinski definition) is 1. The highest BCUT2D eigenvalue weighted by atomic mass is 19.1. The maximum Gasteiger partial charge on any atom is 0.129 e. The SMILES string of the molecule is OC(COc1cc(F)cc(F)c1)CC1CCCC1. The molecule has 1 aromatic rings. The number of halogens is 2. The van der Waals surface area contributed by atoms with Gasteiger partial charge in [-0.25, -0.2) is 8.78 Å². The quantitative estimate of drug-likeness (QED) is 0.876. The van der Waals surface area contributed by atoms with Crippen molar-refractivity contribution in [2.75, 3.05) is 6.61 Å². The normalized spacial score (nSPS) is 17.9. The number of aliphatic hydroxyl groups excluding tert-OH is 1. The van der Waals surface area contributed by atoms with Gasteiger partial charge in [0.05, 0.1) is 6.10 Å². The Kier molecular flexibility index (Phi) is 4.53. The lowest BCUT2D eigenvalue weighted by atomic mass is 10.0. The van der Waals surface area contributed by atoms with Crippen molar-refractivity contribution in [1.82, 2.24) is 0 Å². The van der Waals surface area contributed by atoms with Gasteiger partial charge in [-0.1, -0.05) is 25.7 Å². The molecule has 0 bridgehead atoms. The Hall–Kier alpha value is -1.16. The van der Waals surface area contributed by atoms with Crippen LogP contribution < -0.4 is 4.74 Å². The molecule has 1 aromatic carbocycles. The Balaban J connectivity index is 1.79. The van der Waals surface area contributed by atoms with E-state index in [0.29, 0.717) is 12.3 Å². The molecular weight excluding hydrogens is 238 g/mol. The van der Waals surface area contributed by atoms with E-state index in [-0.39, 0.29) is 12.4 Å². The first kappa shape index (κ1) is 13.3. The van der Waals surface area contributed by atoms with Crippen LogP contribution in [0, 0.1) is 17.6 Å². The van der Waals surface area contributed by atoms with E-state index in [9.17, 15) is 13.9 Å². The Morgan fingerprint density at radius 2 is 1.78 bits per heavy atom. The Morgan fingerprint density at radius 3 is 2.39 bits per heavy atom. The summed E-state index contributed by atoms with van der Waals surface area (Å²) in [6, 6.07) is 3.03. The highest BCUT2D eigenvalue weighted by molar-refractivity contribution is 5.23. The lowest BCUT2D eigenvalue weighted by Gasteiger charge is -2.16. The van der Waals surface area contributed by atoms with Gasteiger partial charge in [-0.3, -0.25) is 0 Å². The van der Waals surface area contributed by atoms with Gasteiger partial charge in [-0.05, 0) is 12.3 Å². The van der Waals surface area contributed by atoms with Gasteiger partial charge in [-0.2, -0.15) is 0 Å². The summed E-state index contributed by atoms with van der Waals surface area (Å²) >= 11 is 0. The zero-order chi connectivity index (χ0) is 13.0.